The Kier molecular flexibility index (Phi) is 4.37. The highest BCUT2D eigenvalue weighted by atomic mass is 79.9. The van der Waals surface area contributed by atoms with Gasteiger partial charge in [0.1, 0.15) is 0 Å². The van der Waals surface area contributed by atoms with Crippen LogP contribution in [0.1, 0.15) is 18.9 Å². The van der Waals surface area contributed by atoms with E-state index in [1.54, 1.807) is 0 Å². The van der Waals surface area contributed by atoms with Gasteiger partial charge in [0.25, 0.3) is 0 Å². The summed E-state index contributed by atoms with van der Waals surface area (Å²) in [5.74, 6) is 0.715. The normalized spacial score (nSPS) is 10.7. The summed E-state index contributed by atoms with van der Waals surface area (Å²) in [4.78, 5) is 4.52. The molecule has 2 rings (SSSR count). The minimum absolute atomic E-state index is 0.706. The zero-order valence-corrected chi connectivity index (χ0v) is 11.5. The molecule has 2 nitrogen and oxygen atoms in total. The van der Waals surface area contributed by atoms with Gasteiger partial charge in [0.05, 0.1) is 12.1 Å². The molecular weight excluding hydrogens is 278 g/mol. The standard InChI is InChI=1S/C14H16BrNO/c1-2-11-5-3-6-13-12(11)7-8-14(16-13)17-10-4-9-15/h3,5-8H,2,4,9-10H2,1H3. The molecule has 0 fully saturated rings. The fraction of sp³-hybridized carbons (Fsp3) is 0.357. The number of benzene rings is 1. The predicted molar refractivity (Wildman–Crippen MR) is 75.0 cm³/mol. The molecule has 1 heterocycles. The Morgan fingerprint density at radius 2 is 2.12 bits per heavy atom. The smallest absolute Gasteiger partial charge is 0.213 e. The number of alkyl halides is 1. The minimum atomic E-state index is 0.706. The van der Waals surface area contributed by atoms with Crippen LogP contribution in [0.2, 0.25) is 0 Å². The molecule has 1 aromatic carbocycles. The lowest BCUT2D eigenvalue weighted by molar-refractivity contribution is 0.308. The van der Waals surface area contributed by atoms with E-state index in [0.29, 0.717) is 12.5 Å². The van der Waals surface area contributed by atoms with E-state index in [-0.39, 0.29) is 0 Å². The molecule has 0 spiro atoms. The first-order chi connectivity index (χ1) is 8.35. The van der Waals surface area contributed by atoms with Gasteiger partial charge in [0.15, 0.2) is 0 Å². The molecule has 0 unspecified atom stereocenters. The molecule has 0 saturated heterocycles. The maximum atomic E-state index is 5.59. The number of aryl methyl sites for hydroxylation is 1. The highest BCUT2D eigenvalue weighted by molar-refractivity contribution is 9.09. The molecule has 0 aliphatic heterocycles. The van der Waals surface area contributed by atoms with Gasteiger partial charge in [-0.15, -0.1) is 0 Å². The summed E-state index contributed by atoms with van der Waals surface area (Å²) >= 11 is 3.38. The molecule has 0 atom stereocenters. The first kappa shape index (κ1) is 12.4. The summed E-state index contributed by atoms with van der Waals surface area (Å²) < 4.78 is 5.59. The third kappa shape index (κ3) is 2.97. The highest BCUT2D eigenvalue weighted by Crippen LogP contribution is 2.20. The maximum absolute atomic E-state index is 5.59. The third-order valence-corrected chi connectivity index (χ3v) is 3.27. The summed E-state index contributed by atoms with van der Waals surface area (Å²) in [6.07, 6.45) is 2.03. The van der Waals surface area contributed by atoms with Crippen LogP contribution in [0.4, 0.5) is 0 Å². The van der Waals surface area contributed by atoms with Gasteiger partial charge in [-0.3, -0.25) is 0 Å². The van der Waals surface area contributed by atoms with Crippen LogP contribution in [-0.4, -0.2) is 16.9 Å². The van der Waals surface area contributed by atoms with Crippen LogP contribution in [0.25, 0.3) is 10.9 Å². The van der Waals surface area contributed by atoms with Gasteiger partial charge in [-0.1, -0.05) is 35.0 Å². The first-order valence-corrected chi connectivity index (χ1v) is 7.04. The van der Waals surface area contributed by atoms with Gasteiger partial charge in [-0.2, -0.15) is 0 Å². The lowest BCUT2D eigenvalue weighted by Crippen LogP contribution is -1.99. The quantitative estimate of drug-likeness (QED) is 0.615. The Hall–Kier alpha value is -1.09. The molecule has 3 heteroatoms. The van der Waals surface area contributed by atoms with E-state index in [1.165, 1.54) is 10.9 Å². The molecule has 17 heavy (non-hydrogen) atoms. The van der Waals surface area contributed by atoms with Crippen molar-refractivity contribution in [3.8, 4) is 5.88 Å². The summed E-state index contributed by atoms with van der Waals surface area (Å²) in [5.41, 5.74) is 2.35. The molecule has 0 radical (unpaired) electrons. The molecule has 0 amide bonds. The average Bonchev–Trinajstić information content (AvgIpc) is 2.38. The Morgan fingerprint density at radius 1 is 1.24 bits per heavy atom. The number of hydrogen-bond acceptors (Lipinski definition) is 2. The van der Waals surface area contributed by atoms with Gasteiger partial charge < -0.3 is 4.74 Å². The zero-order valence-electron chi connectivity index (χ0n) is 9.95. The van der Waals surface area contributed by atoms with Crippen LogP contribution in [0, 0.1) is 0 Å². The van der Waals surface area contributed by atoms with E-state index in [1.807, 2.05) is 12.1 Å². The Labute approximate surface area is 110 Å². The second-order valence-corrected chi connectivity index (χ2v) is 4.67. The van der Waals surface area contributed by atoms with Gasteiger partial charge in [-0.05, 0) is 30.5 Å². The van der Waals surface area contributed by atoms with Gasteiger partial charge >= 0.3 is 0 Å². The molecule has 90 valence electrons. The Morgan fingerprint density at radius 3 is 2.88 bits per heavy atom. The molecule has 0 aliphatic rings. The van der Waals surface area contributed by atoms with Crippen molar-refractivity contribution in [3.05, 3.63) is 35.9 Å². The van der Waals surface area contributed by atoms with Crippen molar-refractivity contribution in [3.63, 3.8) is 0 Å². The average molecular weight is 294 g/mol. The number of pyridine rings is 1. The van der Waals surface area contributed by atoms with Crippen molar-refractivity contribution in [1.82, 2.24) is 4.98 Å². The number of nitrogens with zero attached hydrogens (tertiary/aromatic N) is 1. The van der Waals surface area contributed by atoms with Crippen LogP contribution in [0.3, 0.4) is 0 Å². The fourth-order valence-electron chi connectivity index (χ4n) is 1.82. The second-order valence-electron chi connectivity index (χ2n) is 3.88. The van der Waals surface area contributed by atoms with Crippen LogP contribution in [0.5, 0.6) is 5.88 Å². The molecule has 1 aromatic heterocycles. The summed E-state index contributed by atoms with van der Waals surface area (Å²) in [6, 6.07) is 10.3. The van der Waals surface area contributed by atoms with Crippen molar-refractivity contribution in [2.45, 2.75) is 19.8 Å². The van der Waals surface area contributed by atoms with Gasteiger partial charge in [-0.25, -0.2) is 4.98 Å². The lowest BCUT2D eigenvalue weighted by Gasteiger charge is -2.07. The maximum Gasteiger partial charge on any atom is 0.213 e. The van der Waals surface area contributed by atoms with Crippen LogP contribution in [-0.2, 0) is 6.42 Å². The number of hydrogen-bond donors (Lipinski definition) is 0. The second kappa shape index (κ2) is 6.01. The number of aromatic nitrogens is 1. The summed E-state index contributed by atoms with van der Waals surface area (Å²) in [5, 5.41) is 2.18. The monoisotopic (exact) mass is 293 g/mol. The lowest BCUT2D eigenvalue weighted by atomic mass is 10.1. The highest BCUT2D eigenvalue weighted by Gasteiger charge is 2.02. The van der Waals surface area contributed by atoms with Gasteiger partial charge in [0, 0.05) is 16.8 Å². The molecule has 0 aliphatic carbocycles. The van der Waals surface area contributed by atoms with Crippen molar-refractivity contribution in [2.75, 3.05) is 11.9 Å². The third-order valence-electron chi connectivity index (χ3n) is 2.71. The predicted octanol–water partition coefficient (Wildman–Crippen LogP) is 3.96. The van der Waals surface area contributed by atoms with Crippen LogP contribution in [0.15, 0.2) is 30.3 Å². The molecule has 0 bridgehead atoms. The van der Waals surface area contributed by atoms with Crippen molar-refractivity contribution < 1.29 is 4.74 Å². The van der Waals surface area contributed by atoms with E-state index >= 15 is 0 Å². The van der Waals surface area contributed by atoms with E-state index in [0.717, 1.165) is 23.7 Å². The van der Waals surface area contributed by atoms with E-state index in [2.05, 4.69) is 46.0 Å². The Balaban J connectivity index is 2.25. The van der Waals surface area contributed by atoms with Crippen LogP contribution >= 0.6 is 15.9 Å². The van der Waals surface area contributed by atoms with Gasteiger partial charge in [0.2, 0.25) is 5.88 Å². The van der Waals surface area contributed by atoms with Crippen LogP contribution < -0.4 is 4.74 Å². The topological polar surface area (TPSA) is 22.1 Å². The number of fused-ring (bicyclic) bond motifs is 1. The van der Waals surface area contributed by atoms with E-state index in [4.69, 9.17) is 4.74 Å². The number of halogens is 1. The van der Waals surface area contributed by atoms with E-state index in [9.17, 15) is 0 Å². The van der Waals surface area contributed by atoms with Crippen molar-refractivity contribution in [1.29, 1.82) is 0 Å². The molecule has 0 N–H and O–H groups in total. The first-order valence-electron chi connectivity index (χ1n) is 5.92. The SMILES string of the molecule is CCc1cccc2nc(OCCCBr)ccc12. The van der Waals surface area contributed by atoms with Crippen molar-refractivity contribution in [2.24, 2.45) is 0 Å². The molecule has 0 saturated carbocycles. The van der Waals surface area contributed by atoms with E-state index < -0.39 is 0 Å². The van der Waals surface area contributed by atoms with Crippen molar-refractivity contribution >= 4 is 26.8 Å². The minimum Gasteiger partial charge on any atom is -0.478 e. The number of rotatable bonds is 5. The number of ether oxygens (including phenoxy) is 1. The largest absolute Gasteiger partial charge is 0.478 e. The fourth-order valence-corrected chi connectivity index (χ4v) is 2.05. The molecular formula is C14H16BrNO. The molecule has 2 aromatic rings. The zero-order chi connectivity index (χ0) is 12.1. The summed E-state index contributed by atoms with van der Waals surface area (Å²) in [6.45, 7) is 2.87. The summed E-state index contributed by atoms with van der Waals surface area (Å²) in [7, 11) is 0. The Bertz CT molecular complexity index is 499.